The number of thiophene rings is 1. The number of hydrogen-bond donors (Lipinski definition) is 1. The van der Waals surface area contributed by atoms with Gasteiger partial charge in [0.25, 0.3) is 0 Å². The lowest BCUT2D eigenvalue weighted by Gasteiger charge is -2.26. The Kier molecular flexibility index (Phi) is 3.21. The first kappa shape index (κ1) is 10.1. The molecule has 2 heterocycles. The fraction of sp³-hybridized carbons (Fsp3) is 0.636. The summed E-state index contributed by atoms with van der Waals surface area (Å²) < 4.78 is 0. The number of nitrogens with two attached hydrogens (primary N) is 1. The topological polar surface area (TPSA) is 29.3 Å². The minimum Gasteiger partial charge on any atom is -0.329 e. The maximum atomic E-state index is 5.88. The van der Waals surface area contributed by atoms with Crippen LogP contribution < -0.4 is 5.73 Å². The van der Waals surface area contributed by atoms with Crippen molar-refractivity contribution in [2.24, 2.45) is 5.73 Å². The van der Waals surface area contributed by atoms with Gasteiger partial charge in [-0.1, -0.05) is 0 Å². The third kappa shape index (κ3) is 1.85. The van der Waals surface area contributed by atoms with Gasteiger partial charge in [-0.25, -0.2) is 0 Å². The Morgan fingerprint density at radius 3 is 2.71 bits per heavy atom. The third-order valence-corrected chi connectivity index (χ3v) is 3.92. The molecule has 1 saturated heterocycles. The van der Waals surface area contributed by atoms with Crippen molar-refractivity contribution in [1.82, 2.24) is 4.90 Å². The molecule has 2 N–H and O–H groups in total. The Hall–Kier alpha value is -0.380. The van der Waals surface area contributed by atoms with E-state index in [4.69, 9.17) is 5.73 Å². The molecule has 1 aromatic rings. The lowest BCUT2D eigenvalue weighted by Crippen LogP contribution is -2.31. The van der Waals surface area contributed by atoms with E-state index in [1.54, 1.807) is 0 Å². The molecule has 0 aromatic carbocycles. The van der Waals surface area contributed by atoms with Crippen molar-refractivity contribution in [3.63, 3.8) is 0 Å². The normalized spacial score (nSPS) is 20.1. The molecular weight excluding hydrogens is 192 g/mol. The molecule has 0 bridgehead atoms. The Labute approximate surface area is 89.7 Å². The molecule has 1 fully saturated rings. The number of nitrogens with zero attached hydrogens (tertiary/aromatic N) is 1. The molecular formula is C11H18N2S. The molecule has 1 aromatic heterocycles. The van der Waals surface area contributed by atoms with Gasteiger partial charge in [0.05, 0.1) is 0 Å². The molecule has 0 spiro atoms. The summed E-state index contributed by atoms with van der Waals surface area (Å²) in [6.45, 7) is 5.38. The minimum absolute atomic E-state index is 0.462. The highest BCUT2D eigenvalue weighted by atomic mass is 32.1. The van der Waals surface area contributed by atoms with Crippen molar-refractivity contribution >= 4 is 11.3 Å². The van der Waals surface area contributed by atoms with Crippen molar-refractivity contribution in [2.75, 3.05) is 19.6 Å². The maximum Gasteiger partial charge on any atom is 0.0481 e. The van der Waals surface area contributed by atoms with Gasteiger partial charge in [0.15, 0.2) is 0 Å². The monoisotopic (exact) mass is 210 g/mol. The van der Waals surface area contributed by atoms with Crippen molar-refractivity contribution in [3.05, 3.63) is 21.9 Å². The van der Waals surface area contributed by atoms with Crippen LogP contribution in [0.3, 0.4) is 0 Å². The molecule has 0 saturated carbocycles. The van der Waals surface area contributed by atoms with E-state index >= 15 is 0 Å². The number of aryl methyl sites for hydroxylation is 1. The van der Waals surface area contributed by atoms with Crippen LogP contribution in [0.25, 0.3) is 0 Å². The lowest BCUT2D eigenvalue weighted by molar-refractivity contribution is 0.251. The fourth-order valence-corrected chi connectivity index (χ4v) is 3.03. The van der Waals surface area contributed by atoms with E-state index in [0.29, 0.717) is 6.04 Å². The second-order valence-corrected chi connectivity index (χ2v) is 5.05. The average molecular weight is 210 g/mol. The van der Waals surface area contributed by atoms with Crippen molar-refractivity contribution in [2.45, 2.75) is 25.8 Å². The molecule has 0 amide bonds. The summed E-state index contributed by atoms with van der Waals surface area (Å²) in [4.78, 5) is 3.95. The van der Waals surface area contributed by atoms with Crippen LogP contribution in [0.5, 0.6) is 0 Å². The number of likely N-dealkylation sites (tertiary alicyclic amines) is 1. The Morgan fingerprint density at radius 1 is 1.50 bits per heavy atom. The summed E-state index contributed by atoms with van der Waals surface area (Å²) in [5.41, 5.74) is 7.32. The van der Waals surface area contributed by atoms with Crippen LogP contribution in [0, 0.1) is 6.92 Å². The molecule has 14 heavy (non-hydrogen) atoms. The summed E-state index contributed by atoms with van der Waals surface area (Å²) in [6, 6.07) is 2.69. The van der Waals surface area contributed by atoms with Gasteiger partial charge in [-0.3, -0.25) is 4.90 Å². The average Bonchev–Trinajstić information content (AvgIpc) is 2.80. The summed E-state index contributed by atoms with van der Waals surface area (Å²) in [5.74, 6) is 0. The Bertz CT molecular complexity index is 289. The number of hydrogen-bond acceptors (Lipinski definition) is 3. The van der Waals surface area contributed by atoms with Crippen LogP contribution in [-0.4, -0.2) is 24.5 Å². The third-order valence-electron chi connectivity index (χ3n) is 3.06. The van der Waals surface area contributed by atoms with E-state index in [1.807, 2.05) is 11.3 Å². The Balaban J connectivity index is 2.16. The van der Waals surface area contributed by atoms with Gasteiger partial charge in [-0.2, -0.15) is 0 Å². The van der Waals surface area contributed by atoms with E-state index in [0.717, 1.165) is 6.54 Å². The number of rotatable bonds is 3. The second-order valence-electron chi connectivity index (χ2n) is 3.93. The van der Waals surface area contributed by atoms with E-state index in [1.165, 1.54) is 36.4 Å². The quantitative estimate of drug-likeness (QED) is 0.828. The van der Waals surface area contributed by atoms with Gasteiger partial charge >= 0.3 is 0 Å². The zero-order valence-corrected chi connectivity index (χ0v) is 9.52. The molecule has 2 nitrogen and oxygen atoms in total. The molecule has 2 rings (SSSR count). The summed E-state index contributed by atoms with van der Waals surface area (Å²) in [5, 5.41) is 2.17. The van der Waals surface area contributed by atoms with E-state index in [-0.39, 0.29) is 0 Å². The SMILES string of the molecule is Cc1sccc1C(CN)N1CCCC1. The maximum absolute atomic E-state index is 5.88. The van der Waals surface area contributed by atoms with Crippen molar-refractivity contribution in [1.29, 1.82) is 0 Å². The molecule has 1 atom stereocenters. The van der Waals surface area contributed by atoms with E-state index in [9.17, 15) is 0 Å². The van der Waals surface area contributed by atoms with E-state index in [2.05, 4.69) is 23.3 Å². The van der Waals surface area contributed by atoms with Crippen molar-refractivity contribution in [3.8, 4) is 0 Å². The van der Waals surface area contributed by atoms with Crippen LogP contribution >= 0.6 is 11.3 Å². The second kappa shape index (κ2) is 4.43. The Morgan fingerprint density at radius 2 is 2.21 bits per heavy atom. The first-order valence-electron chi connectivity index (χ1n) is 5.31. The highest BCUT2D eigenvalue weighted by Crippen LogP contribution is 2.29. The summed E-state index contributed by atoms with van der Waals surface area (Å²) >= 11 is 1.82. The fourth-order valence-electron chi connectivity index (χ4n) is 2.27. The van der Waals surface area contributed by atoms with Crippen LogP contribution in [0.2, 0.25) is 0 Å². The zero-order chi connectivity index (χ0) is 9.97. The van der Waals surface area contributed by atoms with Gasteiger partial charge in [0.1, 0.15) is 0 Å². The largest absolute Gasteiger partial charge is 0.329 e. The van der Waals surface area contributed by atoms with Crippen LogP contribution in [0.1, 0.15) is 29.3 Å². The van der Waals surface area contributed by atoms with Gasteiger partial charge in [-0.15, -0.1) is 11.3 Å². The van der Waals surface area contributed by atoms with Gasteiger partial charge in [0.2, 0.25) is 0 Å². The molecule has 1 aliphatic heterocycles. The molecule has 1 unspecified atom stereocenters. The first-order valence-corrected chi connectivity index (χ1v) is 6.19. The van der Waals surface area contributed by atoms with Gasteiger partial charge in [0, 0.05) is 17.5 Å². The highest BCUT2D eigenvalue weighted by Gasteiger charge is 2.23. The van der Waals surface area contributed by atoms with E-state index < -0.39 is 0 Å². The smallest absolute Gasteiger partial charge is 0.0481 e. The molecule has 78 valence electrons. The molecule has 1 aliphatic rings. The van der Waals surface area contributed by atoms with Crippen LogP contribution in [0.15, 0.2) is 11.4 Å². The van der Waals surface area contributed by atoms with Crippen LogP contribution in [-0.2, 0) is 0 Å². The minimum atomic E-state index is 0.462. The van der Waals surface area contributed by atoms with Crippen molar-refractivity contribution < 1.29 is 0 Å². The molecule has 0 radical (unpaired) electrons. The first-order chi connectivity index (χ1) is 6.83. The molecule has 3 heteroatoms. The zero-order valence-electron chi connectivity index (χ0n) is 8.70. The van der Waals surface area contributed by atoms with Gasteiger partial charge in [-0.05, 0) is 49.9 Å². The predicted molar refractivity (Wildman–Crippen MR) is 61.7 cm³/mol. The summed E-state index contributed by atoms with van der Waals surface area (Å²) in [7, 11) is 0. The van der Waals surface area contributed by atoms with Gasteiger partial charge < -0.3 is 5.73 Å². The molecule has 0 aliphatic carbocycles. The van der Waals surface area contributed by atoms with Crippen LogP contribution in [0.4, 0.5) is 0 Å². The summed E-state index contributed by atoms with van der Waals surface area (Å²) in [6.07, 6.45) is 2.67. The lowest BCUT2D eigenvalue weighted by atomic mass is 10.1. The highest BCUT2D eigenvalue weighted by molar-refractivity contribution is 7.10. The predicted octanol–water partition coefficient (Wildman–Crippen LogP) is 2.15. The standard InChI is InChI=1S/C11H18N2S/c1-9-10(4-7-14-9)11(8-12)13-5-2-3-6-13/h4,7,11H,2-3,5-6,8,12H2,1H3.